The monoisotopic (exact) mass is 358 g/mol. The summed E-state index contributed by atoms with van der Waals surface area (Å²) in [4.78, 5) is 0. The van der Waals surface area contributed by atoms with Crippen molar-refractivity contribution in [2.24, 2.45) is 0 Å². The lowest BCUT2D eigenvalue weighted by Crippen LogP contribution is -2.02. The van der Waals surface area contributed by atoms with Crippen molar-refractivity contribution < 1.29 is 14.2 Å². The van der Waals surface area contributed by atoms with Crippen LogP contribution in [0.5, 0.6) is 5.75 Å². The normalized spacial score (nSPS) is 12.2. The van der Waals surface area contributed by atoms with E-state index in [2.05, 4.69) is 0 Å². The Morgan fingerprint density at radius 1 is 1.22 bits per heavy atom. The minimum atomic E-state index is -0.785. The second-order valence-electron chi connectivity index (χ2n) is 3.84. The fourth-order valence-corrected chi connectivity index (χ4v) is 2.49. The van der Waals surface area contributed by atoms with E-state index in [0.29, 0.717) is 14.9 Å². The molecule has 4 heteroatoms. The summed E-state index contributed by atoms with van der Waals surface area (Å²) in [6.07, 6.45) is -0.785. The van der Waals surface area contributed by atoms with E-state index in [0.717, 1.165) is 5.56 Å². The highest BCUT2D eigenvalue weighted by Crippen LogP contribution is 2.28. The molecule has 0 saturated carbocycles. The summed E-state index contributed by atoms with van der Waals surface area (Å²) in [5.41, 5.74) is 1.41. The van der Waals surface area contributed by atoms with Gasteiger partial charge in [0.1, 0.15) is 17.7 Å². The number of halogens is 2. The van der Waals surface area contributed by atoms with Crippen LogP contribution >= 0.6 is 22.6 Å². The summed E-state index contributed by atoms with van der Waals surface area (Å²) in [5, 5.41) is 10.3. The van der Waals surface area contributed by atoms with Gasteiger partial charge in [0.25, 0.3) is 0 Å². The molecule has 1 unspecified atom stereocenters. The van der Waals surface area contributed by atoms with Gasteiger partial charge in [-0.05, 0) is 58.0 Å². The lowest BCUT2D eigenvalue weighted by molar-refractivity contribution is 0.218. The Balaban J connectivity index is 2.37. The average molecular weight is 358 g/mol. The molecule has 18 heavy (non-hydrogen) atoms. The van der Waals surface area contributed by atoms with E-state index in [4.69, 9.17) is 4.74 Å². The Bertz CT molecular complexity index is 557. The number of hydrogen-bond acceptors (Lipinski definition) is 2. The van der Waals surface area contributed by atoms with Crippen LogP contribution in [-0.4, -0.2) is 12.2 Å². The first-order valence-corrected chi connectivity index (χ1v) is 6.46. The molecule has 0 saturated heterocycles. The smallest absolute Gasteiger partial charge is 0.124 e. The molecule has 2 nitrogen and oxygen atoms in total. The van der Waals surface area contributed by atoms with Gasteiger partial charge in [0, 0.05) is 3.57 Å². The SMILES string of the molecule is COc1cccc(C(O)c2ccc(F)cc2I)c1. The van der Waals surface area contributed by atoms with E-state index >= 15 is 0 Å². The fraction of sp³-hybridized carbons (Fsp3) is 0.143. The predicted molar refractivity (Wildman–Crippen MR) is 76.2 cm³/mol. The van der Waals surface area contributed by atoms with Crippen molar-refractivity contribution in [3.8, 4) is 5.75 Å². The Morgan fingerprint density at radius 3 is 2.67 bits per heavy atom. The lowest BCUT2D eigenvalue weighted by atomic mass is 10.0. The van der Waals surface area contributed by atoms with Gasteiger partial charge in [-0.25, -0.2) is 4.39 Å². The molecule has 0 aliphatic heterocycles. The zero-order valence-electron chi connectivity index (χ0n) is 9.73. The van der Waals surface area contributed by atoms with E-state index in [9.17, 15) is 9.50 Å². The summed E-state index contributed by atoms with van der Waals surface area (Å²) in [7, 11) is 1.58. The van der Waals surface area contributed by atoms with Gasteiger partial charge >= 0.3 is 0 Å². The van der Waals surface area contributed by atoms with Crippen LogP contribution in [0.3, 0.4) is 0 Å². The molecule has 0 heterocycles. The summed E-state index contributed by atoms with van der Waals surface area (Å²) in [6, 6.07) is 11.6. The second kappa shape index (κ2) is 5.67. The zero-order chi connectivity index (χ0) is 13.1. The molecule has 0 spiro atoms. The average Bonchev–Trinajstić information content (AvgIpc) is 2.38. The number of methoxy groups -OCH3 is 1. The number of aliphatic hydroxyl groups is 1. The predicted octanol–water partition coefficient (Wildman–Crippen LogP) is 3.52. The lowest BCUT2D eigenvalue weighted by Gasteiger charge is -2.14. The molecule has 0 radical (unpaired) electrons. The van der Waals surface area contributed by atoms with Crippen LogP contribution in [0, 0.1) is 9.39 Å². The maximum absolute atomic E-state index is 13.0. The molecular formula is C14H12FIO2. The van der Waals surface area contributed by atoms with Crippen molar-refractivity contribution in [1.82, 2.24) is 0 Å². The molecule has 1 atom stereocenters. The molecule has 0 aromatic heterocycles. The minimum Gasteiger partial charge on any atom is -0.497 e. The summed E-state index contributed by atoms with van der Waals surface area (Å²) in [5.74, 6) is 0.379. The van der Waals surface area contributed by atoms with Gasteiger partial charge in [-0.15, -0.1) is 0 Å². The molecule has 94 valence electrons. The quantitative estimate of drug-likeness (QED) is 0.851. The van der Waals surface area contributed by atoms with E-state index in [1.165, 1.54) is 12.1 Å². The highest BCUT2D eigenvalue weighted by atomic mass is 127. The number of aliphatic hydroxyl groups excluding tert-OH is 1. The first-order valence-electron chi connectivity index (χ1n) is 5.39. The molecule has 0 aliphatic rings. The maximum Gasteiger partial charge on any atom is 0.124 e. The zero-order valence-corrected chi connectivity index (χ0v) is 11.9. The molecule has 0 aliphatic carbocycles. The highest BCUT2D eigenvalue weighted by molar-refractivity contribution is 14.1. The highest BCUT2D eigenvalue weighted by Gasteiger charge is 2.14. The van der Waals surface area contributed by atoms with E-state index in [1.54, 1.807) is 19.2 Å². The topological polar surface area (TPSA) is 29.5 Å². The third kappa shape index (κ3) is 2.81. The largest absolute Gasteiger partial charge is 0.497 e. The van der Waals surface area contributed by atoms with Gasteiger partial charge in [0.15, 0.2) is 0 Å². The van der Waals surface area contributed by atoms with Gasteiger partial charge < -0.3 is 9.84 Å². The first-order chi connectivity index (χ1) is 8.61. The maximum atomic E-state index is 13.0. The van der Waals surface area contributed by atoms with Crippen molar-refractivity contribution in [1.29, 1.82) is 0 Å². The third-order valence-electron chi connectivity index (χ3n) is 2.67. The summed E-state index contributed by atoms with van der Waals surface area (Å²) < 4.78 is 18.8. The molecule has 0 amide bonds. The Morgan fingerprint density at radius 2 is 2.00 bits per heavy atom. The van der Waals surface area contributed by atoms with Gasteiger partial charge in [0.2, 0.25) is 0 Å². The van der Waals surface area contributed by atoms with Gasteiger partial charge in [-0.2, -0.15) is 0 Å². The Labute approximate surface area is 119 Å². The van der Waals surface area contributed by atoms with E-state index < -0.39 is 6.10 Å². The molecule has 1 N–H and O–H groups in total. The molecule has 0 bridgehead atoms. The Kier molecular flexibility index (Phi) is 4.19. The number of hydrogen-bond donors (Lipinski definition) is 1. The van der Waals surface area contributed by atoms with Crippen LogP contribution in [0.25, 0.3) is 0 Å². The molecule has 2 rings (SSSR count). The van der Waals surface area contributed by atoms with E-state index in [1.807, 2.05) is 40.8 Å². The van der Waals surface area contributed by atoms with Gasteiger partial charge in [0.05, 0.1) is 7.11 Å². The summed E-state index contributed by atoms with van der Waals surface area (Å²) >= 11 is 2.01. The van der Waals surface area contributed by atoms with Gasteiger partial charge in [-0.1, -0.05) is 18.2 Å². The fourth-order valence-electron chi connectivity index (χ4n) is 1.71. The van der Waals surface area contributed by atoms with Crippen LogP contribution in [0.15, 0.2) is 42.5 Å². The van der Waals surface area contributed by atoms with Crippen molar-refractivity contribution >= 4 is 22.6 Å². The van der Waals surface area contributed by atoms with Crippen LogP contribution in [0.2, 0.25) is 0 Å². The first kappa shape index (κ1) is 13.3. The minimum absolute atomic E-state index is 0.305. The summed E-state index contributed by atoms with van der Waals surface area (Å²) in [6.45, 7) is 0. The van der Waals surface area contributed by atoms with Crippen molar-refractivity contribution in [2.75, 3.05) is 7.11 Å². The van der Waals surface area contributed by atoms with Crippen molar-refractivity contribution in [3.05, 3.63) is 63.0 Å². The van der Waals surface area contributed by atoms with Crippen LogP contribution in [0.1, 0.15) is 17.2 Å². The third-order valence-corrected chi connectivity index (χ3v) is 3.60. The van der Waals surface area contributed by atoms with Crippen LogP contribution in [0.4, 0.5) is 4.39 Å². The molecular weight excluding hydrogens is 346 g/mol. The van der Waals surface area contributed by atoms with Crippen LogP contribution in [-0.2, 0) is 0 Å². The second-order valence-corrected chi connectivity index (χ2v) is 5.01. The standard InChI is InChI=1S/C14H12FIO2/c1-18-11-4-2-3-9(7-11)14(17)12-6-5-10(15)8-13(12)16/h2-8,14,17H,1H3. The van der Waals surface area contributed by atoms with E-state index in [-0.39, 0.29) is 5.82 Å². The number of rotatable bonds is 3. The molecule has 2 aromatic carbocycles. The Hall–Kier alpha value is -1.14. The molecule has 0 fully saturated rings. The van der Waals surface area contributed by atoms with Crippen LogP contribution < -0.4 is 4.74 Å². The molecule has 2 aromatic rings. The number of ether oxygens (including phenoxy) is 1. The van der Waals surface area contributed by atoms with Crippen molar-refractivity contribution in [3.63, 3.8) is 0 Å². The van der Waals surface area contributed by atoms with Crippen molar-refractivity contribution in [2.45, 2.75) is 6.10 Å². The number of benzene rings is 2. The van der Waals surface area contributed by atoms with Gasteiger partial charge in [-0.3, -0.25) is 0 Å².